The maximum absolute atomic E-state index is 12.0. The number of aryl methyl sites for hydroxylation is 1. The number of amides is 1. The van der Waals surface area contributed by atoms with Crippen LogP contribution in [0.15, 0.2) is 23.6 Å². The maximum Gasteiger partial charge on any atom is 0.248 e. The van der Waals surface area contributed by atoms with Crippen LogP contribution < -0.4 is 10.6 Å². The van der Waals surface area contributed by atoms with Crippen molar-refractivity contribution < 1.29 is 4.79 Å². The number of rotatable bonds is 4. The summed E-state index contributed by atoms with van der Waals surface area (Å²) in [5.74, 6) is -0.171. The Hall–Kier alpha value is -1.30. The van der Waals surface area contributed by atoms with E-state index in [9.17, 15) is 4.79 Å². The highest BCUT2D eigenvalue weighted by Crippen LogP contribution is 2.23. The lowest BCUT2D eigenvalue weighted by molar-refractivity contribution is -0.116. The molecule has 1 amide bonds. The lowest BCUT2D eigenvalue weighted by Gasteiger charge is -2.14. The molecule has 0 radical (unpaired) electrons. The van der Waals surface area contributed by atoms with Gasteiger partial charge in [-0.25, -0.2) is 4.98 Å². The van der Waals surface area contributed by atoms with Gasteiger partial charge in [-0.3, -0.25) is 4.79 Å². The van der Waals surface area contributed by atoms with E-state index in [4.69, 9.17) is 23.2 Å². The summed E-state index contributed by atoms with van der Waals surface area (Å²) in [4.78, 5) is 16.2. The topological polar surface area (TPSA) is 54.0 Å². The molecule has 1 aromatic heterocycles. The molecule has 0 fully saturated rings. The second-order valence-electron chi connectivity index (χ2n) is 4.31. The van der Waals surface area contributed by atoms with E-state index in [1.165, 1.54) is 11.3 Å². The number of halogens is 2. The SMILES string of the molecule is Cc1csc(NC(=O)[C@H](C)Nc2cc(Cl)cc(Cl)c2)n1. The van der Waals surface area contributed by atoms with E-state index in [1.807, 2.05) is 12.3 Å². The molecule has 2 aromatic rings. The highest BCUT2D eigenvalue weighted by Gasteiger charge is 2.14. The van der Waals surface area contributed by atoms with Crippen LogP contribution in [-0.4, -0.2) is 16.9 Å². The van der Waals surface area contributed by atoms with Crippen molar-refractivity contribution in [3.8, 4) is 0 Å². The summed E-state index contributed by atoms with van der Waals surface area (Å²) in [6.07, 6.45) is 0. The molecule has 0 unspecified atom stereocenters. The van der Waals surface area contributed by atoms with Crippen LogP contribution in [0.1, 0.15) is 12.6 Å². The molecule has 0 saturated carbocycles. The smallest absolute Gasteiger partial charge is 0.248 e. The van der Waals surface area contributed by atoms with Crippen molar-refractivity contribution in [1.82, 2.24) is 4.98 Å². The van der Waals surface area contributed by atoms with Crippen molar-refractivity contribution in [3.05, 3.63) is 39.3 Å². The fourth-order valence-electron chi connectivity index (χ4n) is 1.58. The molecule has 0 saturated heterocycles. The zero-order chi connectivity index (χ0) is 14.7. The number of anilines is 2. The number of hydrogen-bond donors (Lipinski definition) is 2. The molecule has 0 bridgehead atoms. The zero-order valence-electron chi connectivity index (χ0n) is 10.9. The van der Waals surface area contributed by atoms with Gasteiger partial charge in [-0.15, -0.1) is 11.3 Å². The summed E-state index contributed by atoms with van der Waals surface area (Å²) >= 11 is 13.2. The van der Waals surface area contributed by atoms with Gasteiger partial charge in [0.1, 0.15) is 6.04 Å². The predicted molar refractivity (Wildman–Crippen MR) is 85.0 cm³/mol. The monoisotopic (exact) mass is 329 g/mol. The summed E-state index contributed by atoms with van der Waals surface area (Å²) in [6, 6.07) is 4.63. The summed E-state index contributed by atoms with van der Waals surface area (Å²) in [5, 5.41) is 9.30. The number of hydrogen-bond acceptors (Lipinski definition) is 4. The average molecular weight is 330 g/mol. The van der Waals surface area contributed by atoms with E-state index in [0.29, 0.717) is 20.9 Å². The molecule has 2 rings (SSSR count). The first-order valence-corrected chi connectivity index (χ1v) is 7.53. The fraction of sp³-hybridized carbons (Fsp3) is 0.231. The number of nitrogens with one attached hydrogen (secondary N) is 2. The first-order valence-electron chi connectivity index (χ1n) is 5.89. The quantitative estimate of drug-likeness (QED) is 0.883. The lowest BCUT2D eigenvalue weighted by atomic mass is 10.2. The molecule has 7 heteroatoms. The van der Waals surface area contributed by atoms with E-state index in [2.05, 4.69) is 15.6 Å². The van der Waals surface area contributed by atoms with Crippen LogP contribution in [0.2, 0.25) is 10.0 Å². The zero-order valence-corrected chi connectivity index (χ0v) is 13.2. The van der Waals surface area contributed by atoms with Gasteiger partial charge in [-0.05, 0) is 32.0 Å². The normalized spacial score (nSPS) is 12.0. The molecule has 0 aliphatic carbocycles. The first-order chi connectivity index (χ1) is 9.44. The van der Waals surface area contributed by atoms with Crippen molar-refractivity contribution in [2.75, 3.05) is 10.6 Å². The summed E-state index contributed by atoms with van der Waals surface area (Å²) in [7, 11) is 0. The highest BCUT2D eigenvalue weighted by molar-refractivity contribution is 7.13. The lowest BCUT2D eigenvalue weighted by Crippen LogP contribution is -2.31. The van der Waals surface area contributed by atoms with Gasteiger partial charge in [0.05, 0.1) is 5.69 Å². The Bertz CT molecular complexity index is 610. The van der Waals surface area contributed by atoms with Gasteiger partial charge in [0.15, 0.2) is 5.13 Å². The number of carbonyl (C=O) groups excluding carboxylic acids is 1. The molecule has 1 aromatic carbocycles. The molecule has 106 valence electrons. The Morgan fingerprint density at radius 2 is 1.95 bits per heavy atom. The molecule has 4 nitrogen and oxygen atoms in total. The second-order valence-corrected chi connectivity index (χ2v) is 6.04. The molecule has 2 N–H and O–H groups in total. The molecular formula is C13H13Cl2N3OS. The Labute approximate surface area is 131 Å². The van der Waals surface area contributed by atoms with Gasteiger partial charge in [0.2, 0.25) is 5.91 Å². The van der Waals surface area contributed by atoms with Gasteiger partial charge in [-0.2, -0.15) is 0 Å². The van der Waals surface area contributed by atoms with Crippen molar-refractivity contribution in [2.24, 2.45) is 0 Å². The van der Waals surface area contributed by atoms with E-state index in [0.717, 1.165) is 5.69 Å². The molecular weight excluding hydrogens is 317 g/mol. The molecule has 0 aliphatic heterocycles. The summed E-state index contributed by atoms with van der Waals surface area (Å²) < 4.78 is 0. The van der Waals surface area contributed by atoms with Gasteiger partial charge >= 0.3 is 0 Å². The third-order valence-corrected chi connectivity index (χ3v) is 3.80. The standard InChI is InChI=1S/C13H13Cl2N3OS/c1-7-6-20-13(16-7)18-12(19)8(2)17-11-4-9(14)3-10(15)5-11/h3-6,8,17H,1-2H3,(H,16,18,19)/t8-/m0/s1. The van der Waals surface area contributed by atoms with Gasteiger partial charge in [-0.1, -0.05) is 23.2 Å². The van der Waals surface area contributed by atoms with E-state index >= 15 is 0 Å². The Kier molecular flexibility index (Phi) is 4.86. The number of thiazole rings is 1. The first kappa shape index (κ1) is 15.1. The average Bonchev–Trinajstić information content (AvgIpc) is 2.73. The Morgan fingerprint density at radius 3 is 2.50 bits per heavy atom. The third kappa shape index (κ3) is 4.10. The molecule has 0 spiro atoms. The third-order valence-electron chi connectivity index (χ3n) is 2.49. The predicted octanol–water partition coefficient (Wildman–Crippen LogP) is 4.20. The van der Waals surface area contributed by atoms with E-state index in [1.54, 1.807) is 25.1 Å². The van der Waals surface area contributed by atoms with Gasteiger partial charge < -0.3 is 10.6 Å². The fourth-order valence-corrected chi connectivity index (χ4v) is 2.79. The van der Waals surface area contributed by atoms with Crippen molar-refractivity contribution in [1.29, 1.82) is 0 Å². The van der Waals surface area contributed by atoms with Crippen LogP contribution in [0.5, 0.6) is 0 Å². The van der Waals surface area contributed by atoms with Crippen LogP contribution >= 0.6 is 34.5 Å². The second kappa shape index (κ2) is 6.43. The highest BCUT2D eigenvalue weighted by atomic mass is 35.5. The van der Waals surface area contributed by atoms with E-state index in [-0.39, 0.29) is 5.91 Å². The summed E-state index contributed by atoms with van der Waals surface area (Å²) in [5.41, 5.74) is 1.58. The minimum absolute atomic E-state index is 0.171. The molecule has 0 aliphatic rings. The van der Waals surface area contributed by atoms with Crippen LogP contribution in [0.4, 0.5) is 10.8 Å². The van der Waals surface area contributed by atoms with Crippen molar-refractivity contribution in [2.45, 2.75) is 19.9 Å². The maximum atomic E-state index is 12.0. The number of benzene rings is 1. The Balaban J connectivity index is 2.00. The molecule has 20 heavy (non-hydrogen) atoms. The minimum Gasteiger partial charge on any atom is -0.374 e. The molecule has 1 heterocycles. The Morgan fingerprint density at radius 1 is 1.30 bits per heavy atom. The number of nitrogens with zero attached hydrogens (tertiary/aromatic N) is 1. The van der Waals surface area contributed by atoms with E-state index < -0.39 is 6.04 Å². The molecule has 1 atom stereocenters. The summed E-state index contributed by atoms with van der Waals surface area (Å²) in [6.45, 7) is 3.63. The minimum atomic E-state index is -0.436. The van der Waals surface area contributed by atoms with Crippen LogP contribution in [0, 0.1) is 6.92 Å². The number of carbonyl (C=O) groups is 1. The number of aromatic nitrogens is 1. The van der Waals surface area contributed by atoms with Crippen LogP contribution in [0.3, 0.4) is 0 Å². The van der Waals surface area contributed by atoms with Crippen LogP contribution in [0.25, 0.3) is 0 Å². The van der Waals surface area contributed by atoms with Crippen molar-refractivity contribution in [3.63, 3.8) is 0 Å². The largest absolute Gasteiger partial charge is 0.374 e. The van der Waals surface area contributed by atoms with Gasteiger partial charge in [0.25, 0.3) is 0 Å². The van der Waals surface area contributed by atoms with Crippen LogP contribution in [-0.2, 0) is 4.79 Å². The van der Waals surface area contributed by atoms with Gasteiger partial charge in [0, 0.05) is 21.1 Å². The van der Waals surface area contributed by atoms with Crippen molar-refractivity contribution >= 4 is 51.3 Å².